The van der Waals surface area contributed by atoms with Gasteiger partial charge in [0.2, 0.25) is 5.78 Å². The summed E-state index contributed by atoms with van der Waals surface area (Å²) in [5, 5.41) is 8.78. The molecule has 92 valence electrons. The van der Waals surface area contributed by atoms with Crippen molar-refractivity contribution in [3.8, 4) is 0 Å². The number of carboxylic acid groups (broad SMARTS) is 1. The number of carbonyl (C=O) groups is 2. The van der Waals surface area contributed by atoms with E-state index in [4.69, 9.17) is 5.11 Å². The number of aromatic amines is 1. The zero-order chi connectivity index (χ0) is 13.3. The predicted octanol–water partition coefficient (Wildman–Crippen LogP) is 1.62. The average molecular weight is 252 g/mol. The molecule has 5 nitrogen and oxygen atoms in total. The van der Waals surface area contributed by atoms with E-state index in [0.29, 0.717) is 6.07 Å². The number of imidazole rings is 1. The topological polar surface area (TPSA) is 83.0 Å². The summed E-state index contributed by atoms with van der Waals surface area (Å²) in [6, 6.07) is 2.34. The molecule has 1 aromatic carbocycles. The Morgan fingerprint density at radius 1 is 1.28 bits per heavy atom. The maximum Gasteiger partial charge on any atom is 0.354 e. The molecule has 2 aromatic rings. The highest BCUT2D eigenvalue weighted by Crippen LogP contribution is 2.15. The Balaban J connectivity index is 2.51. The Morgan fingerprint density at radius 2 is 2.00 bits per heavy atom. The minimum absolute atomic E-state index is 0.466. The number of H-pyrrole nitrogens is 1. The molecule has 0 bridgehead atoms. The second-order valence-electron chi connectivity index (χ2n) is 3.38. The van der Waals surface area contributed by atoms with Crippen LogP contribution in [0.1, 0.15) is 26.5 Å². The molecule has 0 unspecified atom stereocenters. The van der Waals surface area contributed by atoms with Crippen LogP contribution in [0.25, 0.3) is 0 Å². The first-order valence-electron chi connectivity index (χ1n) is 4.77. The van der Waals surface area contributed by atoms with E-state index in [2.05, 4.69) is 9.97 Å². The molecule has 0 saturated carbocycles. The molecule has 0 amide bonds. The largest absolute Gasteiger partial charge is 0.477 e. The lowest BCUT2D eigenvalue weighted by atomic mass is 10.1. The van der Waals surface area contributed by atoms with Crippen molar-refractivity contribution in [3.05, 3.63) is 53.1 Å². The molecule has 7 heteroatoms. The van der Waals surface area contributed by atoms with Gasteiger partial charge in [-0.05, 0) is 18.2 Å². The first-order chi connectivity index (χ1) is 8.50. The zero-order valence-electron chi connectivity index (χ0n) is 8.78. The number of carbonyl (C=O) groups excluding carboxylic acids is 1. The summed E-state index contributed by atoms with van der Waals surface area (Å²) in [6.07, 6.45) is 0.994. The van der Waals surface area contributed by atoms with Crippen LogP contribution in [0.5, 0.6) is 0 Å². The lowest BCUT2D eigenvalue weighted by Gasteiger charge is -2.01. The molecular weight excluding hydrogens is 246 g/mol. The molecule has 2 rings (SSSR count). The first-order valence-corrected chi connectivity index (χ1v) is 4.77. The number of halogens is 2. The number of hydrogen-bond donors (Lipinski definition) is 2. The molecule has 0 atom stereocenters. The van der Waals surface area contributed by atoms with E-state index in [1.54, 1.807) is 0 Å². The van der Waals surface area contributed by atoms with Crippen LogP contribution in [-0.4, -0.2) is 26.8 Å². The van der Waals surface area contributed by atoms with Crippen LogP contribution in [-0.2, 0) is 0 Å². The maximum atomic E-state index is 13.4. The summed E-state index contributed by atoms with van der Waals surface area (Å²) < 4.78 is 26.3. The van der Waals surface area contributed by atoms with E-state index in [1.165, 1.54) is 0 Å². The number of aromatic carboxylic acids is 1. The van der Waals surface area contributed by atoms with Crippen LogP contribution in [0.3, 0.4) is 0 Å². The van der Waals surface area contributed by atoms with Crippen molar-refractivity contribution in [2.45, 2.75) is 0 Å². The van der Waals surface area contributed by atoms with Crippen LogP contribution >= 0.6 is 0 Å². The highest BCUT2D eigenvalue weighted by Gasteiger charge is 2.23. The van der Waals surface area contributed by atoms with Gasteiger partial charge < -0.3 is 10.1 Å². The summed E-state index contributed by atoms with van der Waals surface area (Å²) >= 11 is 0. The molecule has 1 heterocycles. The third-order valence-corrected chi connectivity index (χ3v) is 2.24. The van der Waals surface area contributed by atoms with E-state index in [1.807, 2.05) is 0 Å². The Labute approximate surface area is 99.1 Å². The third-order valence-electron chi connectivity index (χ3n) is 2.24. The lowest BCUT2D eigenvalue weighted by Crippen LogP contribution is -2.11. The SMILES string of the molecule is O=C(c1cc(F)ccc1F)c1nc[nH]c1C(=O)O. The highest BCUT2D eigenvalue weighted by molar-refractivity contribution is 6.12. The van der Waals surface area contributed by atoms with Crippen LogP contribution in [0, 0.1) is 11.6 Å². The summed E-state index contributed by atoms with van der Waals surface area (Å²) in [7, 11) is 0. The number of nitrogens with one attached hydrogen (secondary N) is 1. The van der Waals surface area contributed by atoms with E-state index in [0.717, 1.165) is 18.5 Å². The van der Waals surface area contributed by atoms with E-state index < -0.39 is 40.3 Å². The molecule has 2 N–H and O–H groups in total. The second kappa shape index (κ2) is 4.36. The Bertz CT molecular complexity index is 637. The van der Waals surface area contributed by atoms with Gasteiger partial charge in [0.15, 0.2) is 5.69 Å². The summed E-state index contributed by atoms with van der Waals surface area (Å²) in [5.74, 6) is -4.15. The normalized spacial score (nSPS) is 10.3. The van der Waals surface area contributed by atoms with Gasteiger partial charge >= 0.3 is 5.97 Å². The van der Waals surface area contributed by atoms with Crippen molar-refractivity contribution in [2.24, 2.45) is 0 Å². The average Bonchev–Trinajstić information content (AvgIpc) is 2.80. The minimum atomic E-state index is -1.41. The molecule has 1 aromatic heterocycles. The van der Waals surface area contributed by atoms with Gasteiger partial charge in [-0.3, -0.25) is 4.79 Å². The zero-order valence-corrected chi connectivity index (χ0v) is 8.78. The van der Waals surface area contributed by atoms with Crippen LogP contribution in [0.15, 0.2) is 24.5 Å². The Hall–Kier alpha value is -2.57. The van der Waals surface area contributed by atoms with Gasteiger partial charge in [0, 0.05) is 0 Å². The second-order valence-corrected chi connectivity index (χ2v) is 3.38. The van der Waals surface area contributed by atoms with Gasteiger partial charge in [-0.25, -0.2) is 18.6 Å². The molecule has 0 radical (unpaired) electrons. The van der Waals surface area contributed by atoms with E-state index in [-0.39, 0.29) is 0 Å². The number of ketones is 1. The number of hydrogen-bond acceptors (Lipinski definition) is 3. The van der Waals surface area contributed by atoms with Gasteiger partial charge in [-0.1, -0.05) is 0 Å². The summed E-state index contributed by atoms with van der Waals surface area (Å²) in [5.41, 5.74) is -1.50. The fourth-order valence-corrected chi connectivity index (χ4v) is 1.43. The quantitative estimate of drug-likeness (QED) is 0.813. The van der Waals surface area contributed by atoms with Crippen molar-refractivity contribution >= 4 is 11.8 Å². The Morgan fingerprint density at radius 3 is 2.67 bits per heavy atom. The fourth-order valence-electron chi connectivity index (χ4n) is 1.43. The van der Waals surface area contributed by atoms with Gasteiger partial charge in [0.1, 0.15) is 17.3 Å². The van der Waals surface area contributed by atoms with Crippen molar-refractivity contribution in [3.63, 3.8) is 0 Å². The van der Waals surface area contributed by atoms with Gasteiger partial charge in [-0.2, -0.15) is 0 Å². The standard InChI is InChI=1S/C11H6F2N2O3/c12-5-1-2-7(13)6(3-5)10(16)8-9(11(17)18)15-4-14-8/h1-4H,(H,14,15)(H,17,18). The number of carboxylic acids is 1. The van der Waals surface area contributed by atoms with Crippen molar-refractivity contribution in [1.82, 2.24) is 9.97 Å². The molecule has 0 saturated heterocycles. The molecule has 18 heavy (non-hydrogen) atoms. The Kier molecular flexibility index (Phi) is 2.88. The van der Waals surface area contributed by atoms with Gasteiger partial charge in [-0.15, -0.1) is 0 Å². The fraction of sp³-hybridized carbons (Fsp3) is 0. The van der Waals surface area contributed by atoms with E-state index >= 15 is 0 Å². The lowest BCUT2D eigenvalue weighted by molar-refractivity contribution is 0.0686. The van der Waals surface area contributed by atoms with Crippen LogP contribution < -0.4 is 0 Å². The monoisotopic (exact) mass is 252 g/mol. The van der Waals surface area contributed by atoms with Crippen LogP contribution in [0.4, 0.5) is 8.78 Å². The third kappa shape index (κ3) is 1.97. The smallest absolute Gasteiger partial charge is 0.354 e. The molecular formula is C11H6F2N2O3. The first kappa shape index (κ1) is 11.9. The number of aromatic nitrogens is 2. The van der Waals surface area contributed by atoms with Crippen molar-refractivity contribution in [1.29, 1.82) is 0 Å². The van der Waals surface area contributed by atoms with Gasteiger partial charge in [0.25, 0.3) is 0 Å². The summed E-state index contributed by atoms with van der Waals surface area (Å²) in [4.78, 5) is 28.4. The summed E-state index contributed by atoms with van der Waals surface area (Å²) in [6.45, 7) is 0. The minimum Gasteiger partial charge on any atom is -0.477 e. The number of nitrogens with zero attached hydrogens (tertiary/aromatic N) is 1. The molecule has 0 aliphatic rings. The van der Waals surface area contributed by atoms with E-state index in [9.17, 15) is 18.4 Å². The van der Waals surface area contributed by atoms with Crippen LogP contribution in [0.2, 0.25) is 0 Å². The molecule has 0 spiro atoms. The number of benzene rings is 1. The maximum absolute atomic E-state index is 13.4. The van der Waals surface area contributed by atoms with Crippen molar-refractivity contribution < 1.29 is 23.5 Å². The van der Waals surface area contributed by atoms with Crippen molar-refractivity contribution in [2.75, 3.05) is 0 Å². The molecule has 0 fully saturated rings. The van der Waals surface area contributed by atoms with Gasteiger partial charge in [0.05, 0.1) is 11.9 Å². The number of rotatable bonds is 3. The molecule has 0 aliphatic carbocycles. The predicted molar refractivity (Wildman–Crippen MR) is 55.3 cm³/mol. The molecule has 0 aliphatic heterocycles. The highest BCUT2D eigenvalue weighted by atomic mass is 19.1.